The Kier molecular flexibility index (Phi) is 10.7. The molecule has 0 saturated carbocycles. The van der Waals surface area contributed by atoms with Gasteiger partial charge < -0.3 is 14.8 Å². The van der Waals surface area contributed by atoms with Crippen molar-refractivity contribution in [1.29, 1.82) is 0 Å². The topological polar surface area (TPSA) is 84.9 Å². The van der Waals surface area contributed by atoms with E-state index in [-0.39, 0.29) is 10.6 Å². The largest absolute Gasteiger partial charge is 0.493 e. The fourth-order valence-electron chi connectivity index (χ4n) is 3.30. The van der Waals surface area contributed by atoms with Crippen molar-refractivity contribution in [2.45, 2.75) is 10.6 Å². The van der Waals surface area contributed by atoms with Crippen molar-refractivity contribution in [3.63, 3.8) is 0 Å². The molecule has 0 unspecified atom stereocenters. The van der Waals surface area contributed by atoms with E-state index in [9.17, 15) is 13.2 Å². The average molecular weight is 604 g/mol. The Morgan fingerprint density at radius 2 is 1.59 bits per heavy atom. The van der Waals surface area contributed by atoms with Crippen molar-refractivity contribution < 1.29 is 22.7 Å². The molecule has 37 heavy (non-hydrogen) atoms. The van der Waals surface area contributed by atoms with E-state index in [1.807, 2.05) is 6.07 Å². The number of amides is 1. The minimum Gasteiger partial charge on any atom is -0.493 e. The maximum absolute atomic E-state index is 13.6. The molecule has 0 spiro atoms. The molecule has 0 heterocycles. The number of nitrogens with zero attached hydrogens (tertiary/aromatic N) is 1. The van der Waals surface area contributed by atoms with Crippen molar-refractivity contribution in [2.24, 2.45) is 0 Å². The Morgan fingerprint density at radius 3 is 2.24 bits per heavy atom. The second-order valence-corrected chi connectivity index (χ2v) is 11.9. The molecule has 0 fully saturated rings. The third-order valence-electron chi connectivity index (χ3n) is 5.19. The van der Waals surface area contributed by atoms with E-state index in [4.69, 9.17) is 44.3 Å². The lowest BCUT2D eigenvalue weighted by Crippen LogP contribution is -2.41. The molecule has 0 atom stereocenters. The number of nitrogens with one attached hydrogen (secondary N) is 1. The van der Waals surface area contributed by atoms with Crippen molar-refractivity contribution in [1.82, 2.24) is 5.32 Å². The summed E-state index contributed by atoms with van der Waals surface area (Å²) in [5.41, 5.74) is 1.23. The lowest BCUT2D eigenvalue weighted by Gasteiger charge is -2.24. The summed E-state index contributed by atoms with van der Waals surface area (Å²) in [6, 6.07) is 15.8. The van der Waals surface area contributed by atoms with Crippen LogP contribution in [0.25, 0.3) is 0 Å². The Labute approximate surface area is 236 Å². The quantitative estimate of drug-likeness (QED) is 0.259. The fraction of sp³-hybridized carbons (Fsp3) is 0.240. The molecule has 3 aromatic carbocycles. The molecule has 0 aliphatic rings. The Balaban J connectivity index is 1.70. The summed E-state index contributed by atoms with van der Waals surface area (Å²) in [5, 5.41) is 4.37. The van der Waals surface area contributed by atoms with Gasteiger partial charge in [0, 0.05) is 39.2 Å². The lowest BCUT2D eigenvalue weighted by molar-refractivity contribution is -0.119. The summed E-state index contributed by atoms with van der Waals surface area (Å²) < 4.78 is 38.7. The Morgan fingerprint density at radius 1 is 0.919 bits per heavy atom. The minimum absolute atomic E-state index is 0.0525. The zero-order valence-electron chi connectivity index (χ0n) is 20.0. The van der Waals surface area contributed by atoms with Gasteiger partial charge in [-0.3, -0.25) is 9.10 Å². The standard InChI is InChI=1S/C25H25Cl3N2O5S2/c1-34-23-10-9-21(14-24(23)35-2)37(32,33)30(20-7-5-18(26)6-8-20)15-25(31)29-11-12-36-16-17-3-4-19(27)13-22(17)28/h3-10,13-14H,11-12,15-16H2,1-2H3,(H,29,31). The first-order valence-corrected chi connectivity index (χ1v) is 14.7. The van der Waals surface area contributed by atoms with E-state index >= 15 is 0 Å². The van der Waals surface area contributed by atoms with E-state index in [1.165, 1.54) is 32.4 Å². The highest BCUT2D eigenvalue weighted by Gasteiger charge is 2.28. The fourth-order valence-corrected chi connectivity index (χ4v) is 6.28. The highest BCUT2D eigenvalue weighted by molar-refractivity contribution is 7.98. The molecule has 0 saturated heterocycles. The molecule has 3 aromatic rings. The van der Waals surface area contributed by atoms with Crippen LogP contribution in [0.2, 0.25) is 15.1 Å². The van der Waals surface area contributed by atoms with Crippen LogP contribution in [0.1, 0.15) is 5.56 Å². The number of hydrogen-bond acceptors (Lipinski definition) is 6. The minimum atomic E-state index is -4.14. The Hall–Kier alpha value is -2.30. The first-order chi connectivity index (χ1) is 17.6. The van der Waals surface area contributed by atoms with Crippen LogP contribution in [0.4, 0.5) is 5.69 Å². The highest BCUT2D eigenvalue weighted by atomic mass is 35.5. The van der Waals surface area contributed by atoms with E-state index in [2.05, 4.69) is 5.32 Å². The number of anilines is 1. The van der Waals surface area contributed by atoms with E-state index in [0.29, 0.717) is 44.6 Å². The molecule has 1 amide bonds. The number of carbonyl (C=O) groups is 1. The molecule has 1 N–H and O–H groups in total. The maximum Gasteiger partial charge on any atom is 0.264 e. The van der Waals surface area contributed by atoms with Gasteiger partial charge in [-0.25, -0.2) is 8.42 Å². The first kappa shape index (κ1) is 29.3. The van der Waals surface area contributed by atoms with Crippen LogP contribution in [-0.4, -0.2) is 47.4 Å². The second kappa shape index (κ2) is 13.5. The van der Waals surface area contributed by atoms with Gasteiger partial charge in [0.1, 0.15) is 6.54 Å². The summed E-state index contributed by atoms with van der Waals surface area (Å²) in [6.07, 6.45) is 0. The van der Waals surface area contributed by atoms with Gasteiger partial charge in [-0.05, 0) is 54.1 Å². The van der Waals surface area contributed by atoms with E-state index in [0.717, 1.165) is 9.87 Å². The molecule has 7 nitrogen and oxygen atoms in total. The number of ether oxygens (including phenoxy) is 2. The van der Waals surface area contributed by atoms with Gasteiger partial charge in [0.15, 0.2) is 11.5 Å². The number of methoxy groups -OCH3 is 2. The van der Waals surface area contributed by atoms with Crippen molar-refractivity contribution in [3.8, 4) is 11.5 Å². The van der Waals surface area contributed by atoms with Crippen molar-refractivity contribution in [3.05, 3.63) is 81.3 Å². The second-order valence-electron chi connectivity index (χ2n) is 7.64. The summed E-state index contributed by atoms with van der Waals surface area (Å²) in [6.45, 7) is -0.0778. The molecule has 0 radical (unpaired) electrons. The smallest absolute Gasteiger partial charge is 0.264 e. The van der Waals surface area contributed by atoms with Crippen molar-refractivity contribution >= 4 is 68.2 Å². The number of halogens is 3. The molecular weight excluding hydrogens is 579 g/mol. The van der Waals surface area contributed by atoms with Crippen LogP contribution >= 0.6 is 46.6 Å². The van der Waals surface area contributed by atoms with Gasteiger partial charge in [0.25, 0.3) is 10.0 Å². The van der Waals surface area contributed by atoms with Crippen LogP contribution in [-0.2, 0) is 20.6 Å². The highest BCUT2D eigenvalue weighted by Crippen LogP contribution is 2.32. The van der Waals surface area contributed by atoms with Gasteiger partial charge in [-0.2, -0.15) is 11.8 Å². The zero-order chi connectivity index (χ0) is 27.0. The SMILES string of the molecule is COc1ccc(S(=O)(=O)N(CC(=O)NCCSCc2ccc(Cl)cc2Cl)c2ccc(Cl)cc2)cc1OC. The number of thioether (sulfide) groups is 1. The van der Waals surface area contributed by atoms with Crippen LogP contribution in [0.5, 0.6) is 11.5 Å². The molecule has 198 valence electrons. The van der Waals surface area contributed by atoms with Crippen LogP contribution in [0.15, 0.2) is 65.6 Å². The number of carbonyl (C=O) groups excluding carboxylic acids is 1. The maximum atomic E-state index is 13.6. The zero-order valence-corrected chi connectivity index (χ0v) is 23.9. The lowest BCUT2D eigenvalue weighted by atomic mass is 10.2. The molecule has 0 aliphatic carbocycles. The monoisotopic (exact) mass is 602 g/mol. The average Bonchev–Trinajstić information content (AvgIpc) is 2.88. The normalized spacial score (nSPS) is 11.2. The van der Waals surface area contributed by atoms with Gasteiger partial charge >= 0.3 is 0 Å². The molecule has 3 rings (SSSR count). The summed E-state index contributed by atoms with van der Waals surface area (Å²) in [7, 11) is -1.26. The van der Waals surface area contributed by atoms with E-state index in [1.54, 1.807) is 48.2 Å². The molecule has 0 aliphatic heterocycles. The summed E-state index contributed by atoms with van der Waals surface area (Å²) >= 11 is 19.7. The first-order valence-electron chi connectivity index (χ1n) is 10.9. The van der Waals surface area contributed by atoms with Gasteiger partial charge in [-0.1, -0.05) is 40.9 Å². The van der Waals surface area contributed by atoms with Gasteiger partial charge in [0.05, 0.1) is 24.8 Å². The van der Waals surface area contributed by atoms with Gasteiger partial charge in [-0.15, -0.1) is 0 Å². The number of sulfonamides is 1. The third-order valence-corrected chi connectivity index (χ3v) is 8.80. The van der Waals surface area contributed by atoms with Crippen LogP contribution in [0.3, 0.4) is 0 Å². The predicted octanol–water partition coefficient (Wildman–Crippen LogP) is 5.91. The summed E-state index contributed by atoms with van der Waals surface area (Å²) in [5.74, 6) is 1.44. The van der Waals surface area contributed by atoms with Gasteiger partial charge in [0.2, 0.25) is 5.91 Å². The van der Waals surface area contributed by atoms with Crippen LogP contribution in [0, 0.1) is 0 Å². The van der Waals surface area contributed by atoms with Crippen LogP contribution < -0.4 is 19.1 Å². The van der Waals surface area contributed by atoms with E-state index < -0.39 is 22.5 Å². The molecular formula is C25H25Cl3N2O5S2. The third kappa shape index (κ3) is 7.85. The predicted molar refractivity (Wildman–Crippen MR) is 151 cm³/mol. The number of hydrogen-bond donors (Lipinski definition) is 1. The van der Waals surface area contributed by atoms with Crippen molar-refractivity contribution in [2.75, 3.05) is 37.4 Å². The Bertz CT molecular complexity index is 1340. The summed E-state index contributed by atoms with van der Waals surface area (Å²) in [4.78, 5) is 12.7. The molecule has 12 heteroatoms. The molecule has 0 aromatic heterocycles. The number of benzene rings is 3. The molecule has 0 bridgehead atoms. The number of rotatable bonds is 12.